The van der Waals surface area contributed by atoms with E-state index in [0.717, 1.165) is 22.3 Å². The second kappa shape index (κ2) is 14.8. The van der Waals surface area contributed by atoms with E-state index in [1.54, 1.807) is 41.1 Å². The molecule has 0 bridgehead atoms. The Morgan fingerprint density at radius 2 is 1.06 bits per heavy atom. The molecule has 2 heterocycles. The van der Waals surface area contributed by atoms with Gasteiger partial charge in [-0.15, -0.1) is 0 Å². The topological polar surface area (TPSA) is 96.6 Å². The molecule has 3 atom stereocenters. The molecule has 9 heteroatoms. The molecule has 0 saturated carbocycles. The van der Waals surface area contributed by atoms with Crippen LogP contribution in [0.4, 0.5) is 0 Å². The van der Waals surface area contributed by atoms with Gasteiger partial charge in [0.2, 0.25) is 0 Å². The summed E-state index contributed by atoms with van der Waals surface area (Å²) in [7, 11) is 2.28. The number of hydrogen-bond acceptors (Lipinski definition) is 8. The van der Waals surface area contributed by atoms with Gasteiger partial charge in [-0.25, -0.2) is 0 Å². The molecule has 1 aliphatic heterocycles. The third-order valence-electron chi connectivity index (χ3n) is 9.14. The Bertz CT molecular complexity index is 1640. The maximum Gasteiger partial charge on any atom is 0.498 e. The number of rotatable bonds is 12. The summed E-state index contributed by atoms with van der Waals surface area (Å²) in [4.78, 5) is 12.7. The maximum atomic E-state index is 12.7. The molecule has 0 aliphatic carbocycles. The average molecular weight is 675 g/mol. The highest BCUT2D eigenvalue weighted by Crippen LogP contribution is 2.50. The van der Waals surface area contributed by atoms with Gasteiger partial charge in [0, 0.05) is 19.7 Å². The summed E-state index contributed by atoms with van der Waals surface area (Å²) in [6.45, 7) is 5.33. The molecule has 1 N–H and O–H groups in total. The van der Waals surface area contributed by atoms with Crippen molar-refractivity contribution in [2.75, 3.05) is 14.2 Å². The highest BCUT2D eigenvalue weighted by atomic mass is 16.7. The number of carbonyl (C=O) groups excluding carboxylic acids is 1. The molecule has 0 radical (unpaired) electrons. The summed E-state index contributed by atoms with van der Waals surface area (Å²) >= 11 is 0. The van der Waals surface area contributed by atoms with Crippen molar-refractivity contribution in [1.29, 1.82) is 0 Å². The van der Waals surface area contributed by atoms with Gasteiger partial charge in [-0.2, -0.15) is 0 Å². The number of furan rings is 1. The fourth-order valence-electron chi connectivity index (χ4n) is 7.07. The highest BCUT2D eigenvalue weighted by Gasteiger charge is 2.62. The number of methoxy groups -OCH3 is 2. The number of benzene rings is 4. The van der Waals surface area contributed by atoms with Gasteiger partial charge in [0.15, 0.2) is 0 Å². The normalized spacial score (nSPS) is 17.4. The molecule has 258 valence electrons. The number of esters is 1. The number of carbonyl (C=O) groups is 1. The SMILES string of the molecule is COC(c1ccccc1)(c1ccccc1)[C@@H]1OB(c2ccoc2[C@H](O)CC(=O)OC(C)(C)C)O[C@H]1C(OC)(c1ccccc1)c1ccccc1. The summed E-state index contributed by atoms with van der Waals surface area (Å²) in [5.74, 6) is -0.417. The van der Waals surface area contributed by atoms with Crippen molar-refractivity contribution in [2.24, 2.45) is 0 Å². The molecular formula is C41H43BO8. The third kappa shape index (κ3) is 6.67. The molecule has 0 spiro atoms. The van der Waals surface area contributed by atoms with E-state index in [2.05, 4.69) is 0 Å². The van der Waals surface area contributed by atoms with E-state index in [1.165, 1.54) is 6.26 Å². The molecule has 0 unspecified atom stereocenters. The van der Waals surface area contributed by atoms with Crippen LogP contribution in [0.3, 0.4) is 0 Å². The van der Waals surface area contributed by atoms with Crippen LogP contribution in [0.5, 0.6) is 0 Å². The van der Waals surface area contributed by atoms with Crippen LogP contribution in [-0.2, 0) is 39.5 Å². The molecule has 1 saturated heterocycles. The van der Waals surface area contributed by atoms with E-state index in [1.807, 2.05) is 121 Å². The minimum Gasteiger partial charge on any atom is -0.467 e. The second-order valence-corrected chi connectivity index (χ2v) is 13.3. The van der Waals surface area contributed by atoms with Crippen molar-refractivity contribution in [3.63, 3.8) is 0 Å². The van der Waals surface area contributed by atoms with Gasteiger partial charge in [-0.05, 0) is 49.1 Å². The van der Waals surface area contributed by atoms with Crippen molar-refractivity contribution in [1.82, 2.24) is 0 Å². The number of aliphatic hydroxyl groups excluding tert-OH is 1. The molecule has 0 amide bonds. The molecular weight excluding hydrogens is 631 g/mol. The molecule has 8 nitrogen and oxygen atoms in total. The summed E-state index contributed by atoms with van der Waals surface area (Å²) in [6, 6.07) is 41.3. The quantitative estimate of drug-likeness (QED) is 0.115. The first-order valence-electron chi connectivity index (χ1n) is 16.7. The second-order valence-electron chi connectivity index (χ2n) is 13.3. The predicted octanol–water partition coefficient (Wildman–Crippen LogP) is 6.70. The highest BCUT2D eigenvalue weighted by molar-refractivity contribution is 6.62. The smallest absolute Gasteiger partial charge is 0.467 e. The Kier molecular flexibility index (Phi) is 10.4. The van der Waals surface area contributed by atoms with Gasteiger partial charge in [0.1, 0.15) is 40.9 Å². The standard InChI is InChI=1S/C41H43BO8/c1-39(2,3)48-35(44)28-34(43)36-33(26-27-47-36)42-49-37(40(45-4,29-18-10-6-11-19-29)30-20-12-7-13-21-30)38(50-42)41(46-5,31-22-14-8-15-23-31)32-24-16-9-17-25-32/h6-27,34,37-38,43H,28H2,1-5H3/t34-,37-,38-/m1/s1. The van der Waals surface area contributed by atoms with Gasteiger partial charge in [-0.1, -0.05) is 121 Å². The van der Waals surface area contributed by atoms with E-state index >= 15 is 0 Å². The zero-order valence-corrected chi connectivity index (χ0v) is 29.0. The molecule has 1 fully saturated rings. The van der Waals surface area contributed by atoms with E-state index < -0.39 is 48.2 Å². The lowest BCUT2D eigenvalue weighted by molar-refractivity contribution is -0.157. The van der Waals surface area contributed by atoms with Crippen LogP contribution in [0, 0.1) is 0 Å². The Morgan fingerprint density at radius 3 is 1.40 bits per heavy atom. The average Bonchev–Trinajstić information content (AvgIpc) is 3.80. The van der Waals surface area contributed by atoms with Crippen LogP contribution in [0.1, 0.15) is 61.3 Å². The number of ether oxygens (including phenoxy) is 3. The summed E-state index contributed by atoms with van der Waals surface area (Å²) < 4.78 is 38.9. The monoisotopic (exact) mass is 674 g/mol. The Labute approximate surface area is 294 Å². The van der Waals surface area contributed by atoms with Gasteiger partial charge >= 0.3 is 13.1 Å². The number of hydrogen-bond donors (Lipinski definition) is 1. The Morgan fingerprint density at radius 1 is 0.680 bits per heavy atom. The van der Waals surface area contributed by atoms with E-state index in [0.29, 0.717) is 5.46 Å². The first-order valence-corrected chi connectivity index (χ1v) is 16.7. The van der Waals surface area contributed by atoms with Crippen LogP contribution in [0.25, 0.3) is 0 Å². The summed E-state index contributed by atoms with van der Waals surface area (Å²) in [5, 5.41) is 11.3. The van der Waals surface area contributed by atoms with Crippen molar-refractivity contribution in [3.8, 4) is 0 Å². The van der Waals surface area contributed by atoms with Crippen LogP contribution < -0.4 is 5.46 Å². The zero-order chi connectivity index (χ0) is 35.4. The van der Waals surface area contributed by atoms with Crippen LogP contribution in [-0.4, -0.2) is 50.2 Å². The minimum atomic E-state index is -1.31. The van der Waals surface area contributed by atoms with Crippen LogP contribution in [0.2, 0.25) is 0 Å². The fraction of sp³-hybridized carbons (Fsp3) is 0.293. The van der Waals surface area contributed by atoms with Crippen LogP contribution >= 0.6 is 0 Å². The third-order valence-corrected chi connectivity index (χ3v) is 9.14. The number of aliphatic hydroxyl groups is 1. The molecule has 1 aliphatic rings. The van der Waals surface area contributed by atoms with E-state index in [9.17, 15) is 9.90 Å². The van der Waals surface area contributed by atoms with E-state index in [4.69, 9.17) is 27.9 Å². The van der Waals surface area contributed by atoms with Crippen molar-refractivity contribution in [2.45, 2.75) is 62.3 Å². The molecule has 6 rings (SSSR count). The first-order chi connectivity index (χ1) is 24.1. The maximum absolute atomic E-state index is 12.7. The van der Waals surface area contributed by atoms with Crippen LogP contribution in [0.15, 0.2) is 138 Å². The molecule has 50 heavy (non-hydrogen) atoms. The lowest BCUT2D eigenvalue weighted by Gasteiger charge is -2.46. The Balaban J connectivity index is 1.55. The van der Waals surface area contributed by atoms with Gasteiger partial charge in [-0.3, -0.25) is 4.79 Å². The lowest BCUT2D eigenvalue weighted by Crippen LogP contribution is -2.56. The summed E-state index contributed by atoms with van der Waals surface area (Å²) in [5.41, 5.74) is 0.673. The zero-order valence-electron chi connectivity index (χ0n) is 29.0. The van der Waals surface area contributed by atoms with Gasteiger partial charge in [0.05, 0.1) is 12.7 Å². The molecule has 5 aromatic rings. The van der Waals surface area contributed by atoms with Gasteiger partial charge < -0.3 is 33.0 Å². The fourth-order valence-corrected chi connectivity index (χ4v) is 7.07. The van der Waals surface area contributed by atoms with E-state index in [-0.39, 0.29) is 12.2 Å². The predicted molar refractivity (Wildman–Crippen MR) is 191 cm³/mol. The largest absolute Gasteiger partial charge is 0.498 e. The molecule has 1 aromatic heterocycles. The minimum absolute atomic E-state index is 0.144. The lowest BCUT2D eigenvalue weighted by atomic mass is 9.71. The van der Waals surface area contributed by atoms with Gasteiger partial charge in [0.25, 0.3) is 0 Å². The van der Waals surface area contributed by atoms with Crippen molar-refractivity contribution < 1.29 is 37.8 Å². The molecule has 4 aromatic carbocycles. The van der Waals surface area contributed by atoms with Crippen molar-refractivity contribution >= 4 is 18.6 Å². The summed E-state index contributed by atoms with van der Waals surface area (Å²) in [6.07, 6.45) is -1.88. The Hall–Kier alpha value is -4.51. The first kappa shape index (κ1) is 35.3. The van der Waals surface area contributed by atoms with Crippen molar-refractivity contribution in [3.05, 3.63) is 162 Å².